The standard InChI is InChI=1S/C11H23NO/c1-7-9(2)8-11(3,4)10(13)12(5)6/h9H,7-8H2,1-6H3. The molecule has 0 aliphatic heterocycles. The fourth-order valence-corrected chi connectivity index (χ4v) is 1.71. The van der Waals surface area contributed by atoms with E-state index in [4.69, 9.17) is 0 Å². The van der Waals surface area contributed by atoms with Crippen molar-refractivity contribution in [2.24, 2.45) is 11.3 Å². The van der Waals surface area contributed by atoms with E-state index < -0.39 is 0 Å². The summed E-state index contributed by atoms with van der Waals surface area (Å²) in [6.07, 6.45) is 2.12. The van der Waals surface area contributed by atoms with Crippen LogP contribution in [-0.4, -0.2) is 24.9 Å². The van der Waals surface area contributed by atoms with E-state index >= 15 is 0 Å². The molecule has 0 saturated heterocycles. The average Bonchev–Trinajstić information content (AvgIpc) is 2.01. The van der Waals surface area contributed by atoms with E-state index in [0.29, 0.717) is 5.92 Å². The van der Waals surface area contributed by atoms with Gasteiger partial charge in [0.15, 0.2) is 0 Å². The van der Waals surface area contributed by atoms with Crippen LogP contribution in [-0.2, 0) is 4.79 Å². The molecule has 0 aromatic heterocycles. The third-order valence-electron chi connectivity index (χ3n) is 2.54. The molecule has 13 heavy (non-hydrogen) atoms. The summed E-state index contributed by atoms with van der Waals surface area (Å²) >= 11 is 0. The van der Waals surface area contributed by atoms with Crippen molar-refractivity contribution in [2.45, 2.75) is 40.5 Å². The highest BCUT2D eigenvalue weighted by Gasteiger charge is 2.30. The van der Waals surface area contributed by atoms with Crippen molar-refractivity contribution in [2.75, 3.05) is 14.1 Å². The van der Waals surface area contributed by atoms with Crippen LogP contribution in [0.1, 0.15) is 40.5 Å². The van der Waals surface area contributed by atoms with Crippen LogP contribution in [0.4, 0.5) is 0 Å². The first-order chi connectivity index (χ1) is 5.81. The summed E-state index contributed by atoms with van der Waals surface area (Å²) in [6, 6.07) is 0. The van der Waals surface area contributed by atoms with Crippen molar-refractivity contribution in [1.82, 2.24) is 4.90 Å². The molecule has 0 aliphatic rings. The number of carbonyl (C=O) groups excluding carboxylic acids is 1. The zero-order valence-electron chi connectivity index (χ0n) is 9.85. The number of hydrogen-bond acceptors (Lipinski definition) is 1. The van der Waals surface area contributed by atoms with Crippen LogP contribution in [0.3, 0.4) is 0 Å². The van der Waals surface area contributed by atoms with Crippen molar-refractivity contribution in [3.05, 3.63) is 0 Å². The average molecular weight is 185 g/mol. The molecular formula is C11H23NO. The van der Waals surface area contributed by atoms with E-state index in [0.717, 1.165) is 12.8 Å². The first kappa shape index (κ1) is 12.5. The molecule has 2 nitrogen and oxygen atoms in total. The van der Waals surface area contributed by atoms with E-state index in [1.54, 1.807) is 4.90 Å². The summed E-state index contributed by atoms with van der Waals surface area (Å²) in [7, 11) is 3.64. The second-order valence-corrected chi connectivity index (χ2v) is 4.80. The smallest absolute Gasteiger partial charge is 0.227 e. The van der Waals surface area contributed by atoms with Crippen molar-refractivity contribution in [3.8, 4) is 0 Å². The zero-order valence-corrected chi connectivity index (χ0v) is 9.85. The Hall–Kier alpha value is -0.530. The van der Waals surface area contributed by atoms with E-state index in [9.17, 15) is 4.79 Å². The van der Waals surface area contributed by atoms with Crippen LogP contribution in [0.5, 0.6) is 0 Å². The number of nitrogens with zero attached hydrogens (tertiary/aromatic N) is 1. The molecule has 0 heterocycles. The molecule has 1 amide bonds. The highest BCUT2D eigenvalue weighted by Crippen LogP contribution is 2.28. The van der Waals surface area contributed by atoms with Gasteiger partial charge in [-0.25, -0.2) is 0 Å². The van der Waals surface area contributed by atoms with Crippen LogP contribution in [0.25, 0.3) is 0 Å². The van der Waals surface area contributed by atoms with Gasteiger partial charge in [0, 0.05) is 19.5 Å². The van der Waals surface area contributed by atoms with Gasteiger partial charge in [0.25, 0.3) is 0 Å². The van der Waals surface area contributed by atoms with Gasteiger partial charge in [-0.05, 0) is 12.3 Å². The Bertz CT molecular complexity index is 173. The molecule has 0 fully saturated rings. The van der Waals surface area contributed by atoms with Gasteiger partial charge in [0.1, 0.15) is 0 Å². The van der Waals surface area contributed by atoms with Crippen molar-refractivity contribution in [3.63, 3.8) is 0 Å². The monoisotopic (exact) mass is 185 g/mol. The zero-order chi connectivity index (χ0) is 10.6. The van der Waals surface area contributed by atoms with Crippen molar-refractivity contribution >= 4 is 5.91 Å². The maximum atomic E-state index is 11.7. The molecule has 2 heteroatoms. The molecule has 0 aromatic rings. The van der Waals surface area contributed by atoms with Crippen LogP contribution < -0.4 is 0 Å². The number of hydrogen-bond donors (Lipinski definition) is 0. The normalized spacial score (nSPS) is 14.0. The summed E-state index contributed by atoms with van der Waals surface area (Å²) in [5, 5.41) is 0. The molecule has 0 N–H and O–H groups in total. The molecule has 0 radical (unpaired) electrons. The van der Waals surface area contributed by atoms with Crippen LogP contribution >= 0.6 is 0 Å². The fourth-order valence-electron chi connectivity index (χ4n) is 1.71. The van der Waals surface area contributed by atoms with E-state index in [1.807, 2.05) is 27.9 Å². The Morgan fingerprint density at radius 3 is 2.15 bits per heavy atom. The number of rotatable bonds is 4. The number of amides is 1. The Morgan fingerprint density at radius 1 is 1.38 bits per heavy atom. The second-order valence-electron chi connectivity index (χ2n) is 4.80. The first-order valence-corrected chi connectivity index (χ1v) is 5.03. The maximum Gasteiger partial charge on any atom is 0.227 e. The third-order valence-corrected chi connectivity index (χ3v) is 2.54. The minimum Gasteiger partial charge on any atom is -0.348 e. The fraction of sp³-hybridized carbons (Fsp3) is 0.909. The Kier molecular flexibility index (Phi) is 4.45. The second kappa shape index (κ2) is 4.64. The summed E-state index contributed by atoms with van der Waals surface area (Å²) in [6.45, 7) is 8.43. The molecule has 0 aliphatic carbocycles. The summed E-state index contributed by atoms with van der Waals surface area (Å²) < 4.78 is 0. The SMILES string of the molecule is CCC(C)CC(C)(C)C(=O)N(C)C. The first-order valence-electron chi connectivity index (χ1n) is 5.03. The Morgan fingerprint density at radius 2 is 1.85 bits per heavy atom. The topological polar surface area (TPSA) is 20.3 Å². The maximum absolute atomic E-state index is 11.7. The lowest BCUT2D eigenvalue weighted by Crippen LogP contribution is -2.37. The molecule has 0 saturated carbocycles. The van der Waals surface area contributed by atoms with Gasteiger partial charge in [-0.3, -0.25) is 4.79 Å². The molecule has 78 valence electrons. The molecule has 0 spiro atoms. The van der Waals surface area contributed by atoms with Crippen molar-refractivity contribution < 1.29 is 4.79 Å². The largest absolute Gasteiger partial charge is 0.348 e. The highest BCUT2D eigenvalue weighted by molar-refractivity contribution is 5.81. The van der Waals surface area contributed by atoms with Crippen molar-refractivity contribution in [1.29, 1.82) is 0 Å². The van der Waals surface area contributed by atoms with E-state index in [2.05, 4.69) is 13.8 Å². The minimum atomic E-state index is -0.209. The Labute approximate surface area is 82.3 Å². The molecule has 0 bridgehead atoms. The molecular weight excluding hydrogens is 162 g/mol. The van der Waals surface area contributed by atoms with Gasteiger partial charge in [-0.2, -0.15) is 0 Å². The Balaban J connectivity index is 4.30. The van der Waals surface area contributed by atoms with Gasteiger partial charge in [0.05, 0.1) is 0 Å². The van der Waals surface area contributed by atoms with Gasteiger partial charge in [-0.15, -0.1) is 0 Å². The van der Waals surface area contributed by atoms with Gasteiger partial charge in [0.2, 0.25) is 5.91 Å². The minimum absolute atomic E-state index is 0.209. The van der Waals surface area contributed by atoms with Gasteiger partial charge in [-0.1, -0.05) is 34.1 Å². The molecule has 0 aromatic carbocycles. The van der Waals surface area contributed by atoms with Gasteiger partial charge < -0.3 is 4.90 Å². The lowest BCUT2D eigenvalue weighted by molar-refractivity contribution is -0.138. The highest BCUT2D eigenvalue weighted by atomic mass is 16.2. The summed E-state index contributed by atoms with van der Waals surface area (Å²) in [4.78, 5) is 13.4. The summed E-state index contributed by atoms with van der Waals surface area (Å²) in [5.74, 6) is 0.853. The third kappa shape index (κ3) is 3.79. The van der Waals surface area contributed by atoms with E-state index in [-0.39, 0.29) is 11.3 Å². The van der Waals surface area contributed by atoms with Crippen LogP contribution in [0.15, 0.2) is 0 Å². The quantitative estimate of drug-likeness (QED) is 0.659. The molecule has 1 unspecified atom stereocenters. The van der Waals surface area contributed by atoms with E-state index in [1.165, 1.54) is 0 Å². The van der Waals surface area contributed by atoms with Crippen LogP contribution in [0.2, 0.25) is 0 Å². The molecule has 1 atom stereocenters. The number of carbonyl (C=O) groups is 1. The van der Waals surface area contributed by atoms with Gasteiger partial charge >= 0.3 is 0 Å². The van der Waals surface area contributed by atoms with Crippen LogP contribution in [0, 0.1) is 11.3 Å². The lowest BCUT2D eigenvalue weighted by atomic mass is 9.81. The predicted molar refractivity (Wildman–Crippen MR) is 56.5 cm³/mol. The predicted octanol–water partition coefficient (Wildman–Crippen LogP) is 2.54. The lowest BCUT2D eigenvalue weighted by Gasteiger charge is -2.29. The summed E-state index contributed by atoms with van der Waals surface area (Å²) in [5.41, 5.74) is -0.209. The molecule has 0 rings (SSSR count).